The van der Waals surface area contributed by atoms with Crippen molar-refractivity contribution in [3.05, 3.63) is 34.9 Å². The number of hydrogen-bond acceptors (Lipinski definition) is 5. The van der Waals surface area contributed by atoms with Crippen LogP contribution in [0.25, 0.3) is 5.65 Å². The van der Waals surface area contributed by atoms with E-state index in [2.05, 4.69) is 10.4 Å². The summed E-state index contributed by atoms with van der Waals surface area (Å²) in [5.41, 5.74) is -0.814. The molecule has 1 aliphatic heterocycles. The van der Waals surface area contributed by atoms with E-state index in [-0.39, 0.29) is 13.0 Å². The molecule has 1 saturated heterocycles. The summed E-state index contributed by atoms with van der Waals surface area (Å²) in [5.74, 6) is -1.43. The van der Waals surface area contributed by atoms with Gasteiger partial charge in [0.05, 0.1) is 12.0 Å². The summed E-state index contributed by atoms with van der Waals surface area (Å²) in [4.78, 5) is 35.6. The Kier molecular flexibility index (Phi) is 4.34. The van der Waals surface area contributed by atoms with Crippen LogP contribution in [-0.2, 0) is 20.9 Å². The monoisotopic (exact) mass is 334 g/mol. The molecule has 0 radical (unpaired) electrons. The van der Waals surface area contributed by atoms with Crippen molar-refractivity contribution in [2.75, 3.05) is 13.2 Å². The van der Waals surface area contributed by atoms with Crippen LogP contribution < -0.4 is 11.0 Å². The number of carboxylic acid groups (broad SMARTS) is 1. The molecular weight excluding hydrogens is 316 g/mol. The quantitative estimate of drug-likeness (QED) is 0.771. The number of hydrogen-bond donors (Lipinski definition) is 2. The molecule has 2 aromatic rings. The molecule has 0 saturated carbocycles. The minimum atomic E-state index is -0.984. The third-order valence-electron chi connectivity index (χ3n) is 4.13. The lowest BCUT2D eigenvalue weighted by Crippen LogP contribution is -2.54. The summed E-state index contributed by atoms with van der Waals surface area (Å²) >= 11 is 0. The number of aromatic nitrogens is 3. The first-order valence-electron chi connectivity index (χ1n) is 7.64. The van der Waals surface area contributed by atoms with Gasteiger partial charge in [-0.15, -0.1) is 5.10 Å². The molecule has 0 aliphatic carbocycles. The summed E-state index contributed by atoms with van der Waals surface area (Å²) in [7, 11) is 0. The van der Waals surface area contributed by atoms with Crippen molar-refractivity contribution in [1.29, 1.82) is 0 Å². The van der Waals surface area contributed by atoms with Gasteiger partial charge in [0.15, 0.2) is 5.65 Å². The first kappa shape index (κ1) is 16.2. The van der Waals surface area contributed by atoms with Crippen LogP contribution in [0.4, 0.5) is 0 Å². The van der Waals surface area contributed by atoms with Gasteiger partial charge in [-0.2, -0.15) is 0 Å². The van der Waals surface area contributed by atoms with Gasteiger partial charge in [0.1, 0.15) is 6.54 Å². The minimum Gasteiger partial charge on any atom is -0.481 e. The van der Waals surface area contributed by atoms with Crippen LogP contribution in [0.3, 0.4) is 0 Å². The first-order chi connectivity index (χ1) is 11.5. The van der Waals surface area contributed by atoms with Crippen molar-refractivity contribution < 1.29 is 19.4 Å². The maximum absolute atomic E-state index is 12.3. The van der Waals surface area contributed by atoms with Gasteiger partial charge in [-0.25, -0.2) is 9.48 Å². The molecule has 0 aromatic carbocycles. The lowest BCUT2D eigenvalue weighted by atomic mass is 9.86. The van der Waals surface area contributed by atoms with E-state index in [4.69, 9.17) is 9.84 Å². The van der Waals surface area contributed by atoms with Crippen molar-refractivity contribution in [2.24, 2.45) is 0 Å². The van der Waals surface area contributed by atoms with E-state index in [0.717, 1.165) is 4.68 Å². The molecule has 3 rings (SSSR count). The highest BCUT2D eigenvalue weighted by Crippen LogP contribution is 2.24. The number of fused-ring (bicyclic) bond motifs is 1. The molecule has 128 valence electrons. The maximum Gasteiger partial charge on any atom is 0.350 e. The zero-order valence-electron chi connectivity index (χ0n) is 13.0. The predicted octanol–water partition coefficient (Wildman–Crippen LogP) is -0.364. The largest absolute Gasteiger partial charge is 0.481 e. The Morgan fingerprint density at radius 3 is 2.75 bits per heavy atom. The third kappa shape index (κ3) is 3.30. The van der Waals surface area contributed by atoms with Crippen LogP contribution in [-0.4, -0.2) is 49.9 Å². The molecule has 0 atom stereocenters. The lowest BCUT2D eigenvalue weighted by molar-refractivity contribution is -0.140. The van der Waals surface area contributed by atoms with E-state index < -0.39 is 23.1 Å². The number of carbonyl (C=O) groups excluding carboxylic acids is 1. The number of rotatable bonds is 5. The summed E-state index contributed by atoms with van der Waals surface area (Å²) in [6.07, 6.45) is 2.24. The van der Waals surface area contributed by atoms with Gasteiger partial charge in [-0.05, 0) is 25.0 Å². The van der Waals surface area contributed by atoms with Crippen LogP contribution in [0.5, 0.6) is 0 Å². The number of ether oxygens (including phenoxy) is 1. The average molecular weight is 334 g/mol. The Bertz CT molecular complexity index is 819. The van der Waals surface area contributed by atoms with Gasteiger partial charge >= 0.3 is 11.7 Å². The summed E-state index contributed by atoms with van der Waals surface area (Å²) in [6, 6.07) is 5.11. The number of nitrogens with zero attached hydrogens (tertiary/aromatic N) is 3. The van der Waals surface area contributed by atoms with Gasteiger partial charge in [0, 0.05) is 19.4 Å². The molecule has 9 heteroatoms. The highest BCUT2D eigenvalue weighted by atomic mass is 16.5. The van der Waals surface area contributed by atoms with Crippen LogP contribution >= 0.6 is 0 Å². The average Bonchev–Trinajstić information content (AvgIpc) is 2.83. The second-order valence-corrected chi connectivity index (χ2v) is 5.88. The van der Waals surface area contributed by atoms with E-state index in [0.29, 0.717) is 31.7 Å². The van der Waals surface area contributed by atoms with E-state index in [9.17, 15) is 14.4 Å². The predicted molar refractivity (Wildman–Crippen MR) is 82.6 cm³/mol. The fourth-order valence-electron chi connectivity index (χ4n) is 2.94. The Balaban J connectivity index is 1.76. The van der Waals surface area contributed by atoms with Gasteiger partial charge in [-0.1, -0.05) is 6.07 Å². The number of pyridine rings is 1. The van der Waals surface area contributed by atoms with Crippen LogP contribution in [0, 0.1) is 0 Å². The second kappa shape index (κ2) is 6.44. The topological polar surface area (TPSA) is 115 Å². The lowest BCUT2D eigenvalue weighted by Gasteiger charge is -2.36. The normalized spacial score (nSPS) is 16.8. The summed E-state index contributed by atoms with van der Waals surface area (Å²) < 4.78 is 7.66. The van der Waals surface area contributed by atoms with Crippen molar-refractivity contribution in [3.63, 3.8) is 0 Å². The van der Waals surface area contributed by atoms with Gasteiger partial charge < -0.3 is 15.2 Å². The number of aliphatic carboxylic acids is 1. The zero-order valence-corrected chi connectivity index (χ0v) is 13.0. The van der Waals surface area contributed by atoms with Gasteiger partial charge in [-0.3, -0.25) is 14.0 Å². The highest BCUT2D eigenvalue weighted by Gasteiger charge is 2.36. The second-order valence-electron chi connectivity index (χ2n) is 5.88. The SMILES string of the molecule is O=C(O)CC1(NC(=O)Cn2nc3ccccn3c2=O)CCOCC1. The Hall–Kier alpha value is -2.68. The molecule has 0 bridgehead atoms. The molecule has 2 aromatic heterocycles. The number of carboxylic acids is 1. The van der Waals surface area contributed by atoms with Crippen LogP contribution in [0.15, 0.2) is 29.2 Å². The number of amides is 1. The molecule has 9 nitrogen and oxygen atoms in total. The van der Waals surface area contributed by atoms with E-state index in [1.165, 1.54) is 4.40 Å². The van der Waals surface area contributed by atoms with Gasteiger partial charge in [0.2, 0.25) is 5.91 Å². The fraction of sp³-hybridized carbons (Fsp3) is 0.467. The molecule has 1 amide bonds. The van der Waals surface area contributed by atoms with Crippen LogP contribution in [0.2, 0.25) is 0 Å². The molecule has 1 fully saturated rings. The maximum atomic E-state index is 12.3. The third-order valence-corrected chi connectivity index (χ3v) is 4.13. The molecular formula is C15H18N4O5. The summed E-state index contributed by atoms with van der Waals surface area (Å²) in [6.45, 7) is 0.520. The standard InChI is InChI=1S/C15H18N4O5/c20-12(16-15(9-13(21)22)4-7-24-8-5-15)10-19-14(23)18-6-2-1-3-11(18)17-19/h1-3,6H,4-5,7-10H2,(H,16,20)(H,21,22). The Labute approximate surface area is 136 Å². The molecule has 3 heterocycles. The van der Waals surface area contributed by atoms with E-state index in [1.54, 1.807) is 24.4 Å². The smallest absolute Gasteiger partial charge is 0.350 e. The van der Waals surface area contributed by atoms with Gasteiger partial charge in [0.25, 0.3) is 0 Å². The minimum absolute atomic E-state index is 0.178. The highest BCUT2D eigenvalue weighted by molar-refractivity contribution is 5.78. The van der Waals surface area contributed by atoms with Crippen molar-refractivity contribution in [1.82, 2.24) is 19.5 Å². The van der Waals surface area contributed by atoms with Crippen molar-refractivity contribution in [2.45, 2.75) is 31.3 Å². The molecule has 1 aliphatic rings. The van der Waals surface area contributed by atoms with Crippen molar-refractivity contribution >= 4 is 17.5 Å². The molecule has 2 N–H and O–H groups in total. The Morgan fingerprint density at radius 2 is 2.08 bits per heavy atom. The van der Waals surface area contributed by atoms with Crippen molar-refractivity contribution in [3.8, 4) is 0 Å². The van der Waals surface area contributed by atoms with Crippen LogP contribution in [0.1, 0.15) is 19.3 Å². The zero-order chi connectivity index (χ0) is 17.2. The fourth-order valence-corrected chi connectivity index (χ4v) is 2.94. The number of carbonyl (C=O) groups is 2. The van der Waals surface area contributed by atoms with E-state index in [1.807, 2.05) is 0 Å². The molecule has 0 unspecified atom stereocenters. The molecule has 0 spiro atoms. The number of nitrogens with one attached hydrogen (secondary N) is 1. The summed E-state index contributed by atoms with van der Waals surface area (Å²) in [5, 5.41) is 16.0. The first-order valence-corrected chi connectivity index (χ1v) is 7.64. The van der Waals surface area contributed by atoms with E-state index >= 15 is 0 Å². The molecule has 24 heavy (non-hydrogen) atoms. The Morgan fingerprint density at radius 1 is 1.33 bits per heavy atom.